The van der Waals surface area contributed by atoms with Gasteiger partial charge in [-0.25, -0.2) is 0 Å². The van der Waals surface area contributed by atoms with E-state index in [9.17, 15) is 0 Å². The van der Waals surface area contributed by atoms with E-state index in [4.69, 9.17) is 4.74 Å². The van der Waals surface area contributed by atoms with Crippen molar-refractivity contribution in [1.29, 1.82) is 0 Å². The largest absolute Gasteiger partial charge is 0.493 e. The van der Waals surface area contributed by atoms with Gasteiger partial charge in [-0.15, -0.1) is 0 Å². The van der Waals surface area contributed by atoms with Crippen LogP contribution in [0, 0.1) is 23.7 Å². The molecule has 52 heavy (non-hydrogen) atoms. The first-order valence-electron chi connectivity index (χ1n) is 20.2. The summed E-state index contributed by atoms with van der Waals surface area (Å²) in [5, 5.41) is 6.59. The van der Waals surface area contributed by atoms with Crippen LogP contribution in [-0.2, 0) is 38.8 Å². The van der Waals surface area contributed by atoms with Gasteiger partial charge in [0, 0.05) is 31.7 Å². The third kappa shape index (κ3) is 23.1. The minimum atomic E-state index is 0.833. The molecular formula is C49H76N2O. The molecule has 2 N–H and O–H groups in total. The molecule has 0 unspecified atom stereocenters. The monoisotopic (exact) mass is 709 g/mol. The van der Waals surface area contributed by atoms with Crippen molar-refractivity contribution in [2.24, 2.45) is 23.7 Å². The maximum atomic E-state index is 5.30. The van der Waals surface area contributed by atoms with Gasteiger partial charge in [0.05, 0.1) is 6.61 Å². The number of nitrogens with one attached hydrogen (secondary N) is 2. The Bertz CT molecular complexity index is 1130. The molecule has 4 aromatic rings. The fourth-order valence-electron chi connectivity index (χ4n) is 5.11. The summed E-state index contributed by atoms with van der Waals surface area (Å²) in [6.07, 6.45) is 6.23. The van der Waals surface area contributed by atoms with E-state index in [0.717, 1.165) is 62.1 Å². The Morgan fingerprint density at radius 3 is 1.25 bits per heavy atom. The minimum absolute atomic E-state index is 0.833. The van der Waals surface area contributed by atoms with Crippen LogP contribution in [0.2, 0.25) is 0 Å². The van der Waals surface area contributed by atoms with Gasteiger partial charge in [-0.1, -0.05) is 168 Å². The molecule has 3 nitrogen and oxygen atoms in total. The lowest BCUT2D eigenvalue weighted by Gasteiger charge is -1.94. The number of fused-ring (bicyclic) bond motifs is 4. The number of para-hydroxylation sites is 2. The molecular weight excluding hydrogens is 633 g/mol. The fraction of sp³-hybridized carbons (Fsp3) is 0.510. The van der Waals surface area contributed by atoms with Gasteiger partial charge in [0.2, 0.25) is 0 Å². The summed E-state index contributed by atoms with van der Waals surface area (Å²) in [5.74, 6) is 4.40. The Kier molecular flexibility index (Phi) is 25.0. The Morgan fingerprint density at radius 1 is 0.423 bits per heavy atom. The fourth-order valence-corrected chi connectivity index (χ4v) is 5.11. The van der Waals surface area contributed by atoms with Gasteiger partial charge in [-0.2, -0.15) is 0 Å². The van der Waals surface area contributed by atoms with Crippen LogP contribution in [0.5, 0.6) is 5.75 Å². The number of rotatable bonds is 0. The van der Waals surface area contributed by atoms with E-state index in [1.54, 1.807) is 11.1 Å². The summed E-state index contributed by atoms with van der Waals surface area (Å²) < 4.78 is 5.30. The first kappa shape index (κ1) is 46.5. The Labute approximate surface area is 321 Å². The lowest BCUT2D eigenvalue weighted by Crippen LogP contribution is -1.99. The average molecular weight is 709 g/mol. The van der Waals surface area contributed by atoms with E-state index in [0.29, 0.717) is 0 Å². The van der Waals surface area contributed by atoms with Crippen molar-refractivity contribution < 1.29 is 4.74 Å². The summed E-state index contributed by atoms with van der Waals surface area (Å²) in [5.41, 5.74) is 10.2. The molecule has 4 aromatic carbocycles. The molecule has 3 aliphatic heterocycles. The molecule has 0 aromatic heterocycles. The third-order valence-electron chi connectivity index (χ3n) is 7.09. The molecule has 0 radical (unpaired) electrons. The molecule has 4 aliphatic rings. The van der Waals surface area contributed by atoms with Gasteiger partial charge >= 0.3 is 0 Å². The summed E-state index contributed by atoms with van der Waals surface area (Å²) in [7, 11) is 0. The standard InChI is InChI=1S/C9H10.2C8H9N.C8H8O.4C4H10/c1-2-5-9-7-3-6-8(9)4-1;1-2-4-8-6-9-5-7(8)3-1;2*1-2-4-8-7(3-1)5-6-9-8;4*1-4(2)3/h1-2,4-5H,3,6-7H2;2*1-4,9H,5-6H2;1-4H,5-6H2;4*4H,1-3H3. The summed E-state index contributed by atoms with van der Waals surface area (Å²) >= 11 is 0. The van der Waals surface area contributed by atoms with Crippen molar-refractivity contribution >= 4 is 5.69 Å². The summed E-state index contributed by atoms with van der Waals surface area (Å²) in [4.78, 5) is 0. The molecule has 0 atom stereocenters. The molecule has 0 bridgehead atoms. The number of aryl methyl sites for hydroxylation is 2. The van der Waals surface area contributed by atoms with Crippen molar-refractivity contribution in [2.75, 3.05) is 18.5 Å². The van der Waals surface area contributed by atoms with Crippen LogP contribution < -0.4 is 15.4 Å². The smallest absolute Gasteiger partial charge is 0.122 e. The second-order valence-electron chi connectivity index (χ2n) is 16.5. The molecule has 288 valence electrons. The van der Waals surface area contributed by atoms with E-state index in [1.165, 1.54) is 53.6 Å². The van der Waals surface area contributed by atoms with Gasteiger partial charge in [-0.3, -0.25) is 0 Å². The number of benzene rings is 4. The Balaban J connectivity index is 0.000000307. The molecule has 0 amide bonds. The van der Waals surface area contributed by atoms with Crippen LogP contribution in [0.15, 0.2) is 97.1 Å². The maximum absolute atomic E-state index is 5.30. The average Bonchev–Trinajstić information content (AvgIpc) is 3.91. The zero-order chi connectivity index (χ0) is 38.7. The molecule has 3 heteroatoms. The van der Waals surface area contributed by atoms with Crippen molar-refractivity contribution in [3.05, 3.63) is 130 Å². The molecule has 0 spiro atoms. The highest BCUT2D eigenvalue weighted by molar-refractivity contribution is 5.54. The number of hydrogen-bond acceptors (Lipinski definition) is 3. The van der Waals surface area contributed by atoms with Crippen molar-refractivity contribution in [3.8, 4) is 5.75 Å². The minimum Gasteiger partial charge on any atom is -0.493 e. The predicted molar refractivity (Wildman–Crippen MR) is 232 cm³/mol. The highest BCUT2D eigenvalue weighted by Gasteiger charge is 2.09. The first-order chi connectivity index (χ1) is 24.8. The van der Waals surface area contributed by atoms with E-state index >= 15 is 0 Å². The van der Waals surface area contributed by atoms with E-state index in [-0.39, 0.29) is 0 Å². The SMILES string of the molecule is CC(C)C.CC(C)C.CC(C)C.CC(C)C.c1ccc2c(c1)CCC2.c1ccc2c(c1)CCN2.c1ccc2c(c1)CCO2.c1ccc2c(c1)CNC2. The van der Waals surface area contributed by atoms with Crippen LogP contribution >= 0.6 is 0 Å². The van der Waals surface area contributed by atoms with Crippen molar-refractivity contribution in [1.82, 2.24) is 5.32 Å². The van der Waals surface area contributed by atoms with Gasteiger partial charge in [-0.05, 0) is 94.9 Å². The summed E-state index contributed by atoms with van der Waals surface area (Å²) in [6, 6.07) is 33.9. The maximum Gasteiger partial charge on any atom is 0.122 e. The highest BCUT2D eigenvalue weighted by Crippen LogP contribution is 2.23. The predicted octanol–water partition coefficient (Wildman–Crippen LogP) is 13.4. The van der Waals surface area contributed by atoms with Crippen LogP contribution in [0.1, 0.15) is 123 Å². The molecule has 3 heterocycles. The van der Waals surface area contributed by atoms with Crippen molar-refractivity contribution in [3.63, 3.8) is 0 Å². The lowest BCUT2D eigenvalue weighted by atomic mass is 10.1. The first-order valence-corrected chi connectivity index (χ1v) is 20.2. The number of ether oxygens (including phenoxy) is 1. The summed E-state index contributed by atoms with van der Waals surface area (Å²) in [6.45, 7) is 30.1. The van der Waals surface area contributed by atoms with E-state index in [2.05, 4.69) is 173 Å². The molecule has 8 rings (SSSR count). The van der Waals surface area contributed by atoms with Gasteiger partial charge < -0.3 is 15.4 Å². The number of hydrogen-bond donors (Lipinski definition) is 2. The second-order valence-corrected chi connectivity index (χ2v) is 16.5. The molecule has 0 saturated carbocycles. The van der Waals surface area contributed by atoms with Crippen LogP contribution in [0.3, 0.4) is 0 Å². The van der Waals surface area contributed by atoms with E-state index < -0.39 is 0 Å². The topological polar surface area (TPSA) is 33.3 Å². The van der Waals surface area contributed by atoms with Crippen LogP contribution in [0.25, 0.3) is 0 Å². The van der Waals surface area contributed by atoms with Gasteiger partial charge in [0.15, 0.2) is 0 Å². The van der Waals surface area contributed by atoms with Crippen molar-refractivity contribution in [2.45, 2.75) is 128 Å². The highest BCUT2D eigenvalue weighted by atomic mass is 16.5. The normalized spacial score (nSPS) is 13.2. The second kappa shape index (κ2) is 28.0. The number of anilines is 1. The van der Waals surface area contributed by atoms with Crippen LogP contribution in [-0.4, -0.2) is 13.2 Å². The Hall–Kier alpha value is -3.56. The van der Waals surface area contributed by atoms with Crippen LogP contribution in [0.4, 0.5) is 5.69 Å². The molecule has 1 aliphatic carbocycles. The quantitative estimate of drug-likeness (QED) is 0.191. The lowest BCUT2D eigenvalue weighted by molar-refractivity contribution is 0.357. The Morgan fingerprint density at radius 2 is 0.808 bits per heavy atom. The zero-order valence-electron chi connectivity index (χ0n) is 35.3. The van der Waals surface area contributed by atoms with E-state index in [1.807, 2.05) is 18.2 Å². The molecule has 0 saturated heterocycles. The van der Waals surface area contributed by atoms with Gasteiger partial charge in [0.25, 0.3) is 0 Å². The molecule has 0 fully saturated rings. The zero-order valence-corrected chi connectivity index (χ0v) is 35.3. The third-order valence-corrected chi connectivity index (χ3v) is 7.09. The van der Waals surface area contributed by atoms with Gasteiger partial charge in [0.1, 0.15) is 5.75 Å².